The summed E-state index contributed by atoms with van der Waals surface area (Å²) in [5, 5.41) is 23.2. The predicted molar refractivity (Wildman–Crippen MR) is 112 cm³/mol. The molecule has 0 unspecified atom stereocenters. The molecule has 8 atom stereocenters. The fraction of sp³-hybridized carbons (Fsp3) is 0.833. The minimum absolute atomic E-state index is 0.00507. The highest BCUT2D eigenvalue weighted by Gasteiger charge is 2.69. The van der Waals surface area contributed by atoms with Crippen LogP contribution in [0, 0.1) is 28.1 Å². The smallest absolute Gasteiger partial charge is 0.303 e. The summed E-state index contributed by atoms with van der Waals surface area (Å²) in [6, 6.07) is 0. The molecule has 0 aromatic heterocycles. The van der Waals surface area contributed by atoms with Gasteiger partial charge in [-0.15, -0.1) is 6.58 Å². The number of aliphatic hydroxyl groups excluding tert-OH is 1. The molecule has 3 aliphatic carbocycles. The van der Waals surface area contributed by atoms with Crippen LogP contribution in [-0.2, 0) is 19.1 Å². The average Bonchev–Trinajstić information content (AvgIpc) is 2.60. The number of hydrogen-bond donors (Lipinski definition) is 2. The molecule has 6 nitrogen and oxygen atoms in total. The van der Waals surface area contributed by atoms with Gasteiger partial charge in [0.15, 0.2) is 0 Å². The van der Waals surface area contributed by atoms with Crippen molar-refractivity contribution in [1.82, 2.24) is 0 Å². The van der Waals surface area contributed by atoms with Gasteiger partial charge in [-0.1, -0.05) is 33.8 Å². The topological polar surface area (TPSA) is 93.1 Å². The lowest BCUT2D eigenvalue weighted by atomic mass is 9.40. The third-order valence-electron chi connectivity index (χ3n) is 8.67. The van der Waals surface area contributed by atoms with Crippen LogP contribution in [0.2, 0.25) is 0 Å². The Hall–Kier alpha value is -1.40. The molecule has 3 aliphatic rings. The van der Waals surface area contributed by atoms with Gasteiger partial charge in [-0.25, -0.2) is 0 Å². The Labute approximate surface area is 180 Å². The molecule has 0 spiro atoms. The second-order valence-corrected chi connectivity index (χ2v) is 11.1. The van der Waals surface area contributed by atoms with Crippen LogP contribution in [-0.4, -0.2) is 46.1 Å². The van der Waals surface area contributed by atoms with Gasteiger partial charge < -0.3 is 19.7 Å². The monoisotopic (exact) mass is 422 g/mol. The first kappa shape index (κ1) is 23.3. The molecule has 0 saturated heterocycles. The average molecular weight is 423 g/mol. The fourth-order valence-corrected chi connectivity index (χ4v) is 7.26. The number of ether oxygens (including phenoxy) is 2. The Kier molecular flexibility index (Phi) is 5.69. The third-order valence-corrected chi connectivity index (χ3v) is 8.67. The predicted octanol–water partition coefficient (Wildman–Crippen LogP) is 3.39. The van der Waals surface area contributed by atoms with E-state index in [1.165, 1.54) is 13.8 Å². The minimum Gasteiger partial charge on any atom is -0.460 e. The van der Waals surface area contributed by atoms with Crippen molar-refractivity contribution in [2.24, 2.45) is 28.1 Å². The van der Waals surface area contributed by atoms with Gasteiger partial charge in [0.1, 0.15) is 17.8 Å². The van der Waals surface area contributed by atoms with Gasteiger partial charge in [0.2, 0.25) is 0 Å². The lowest BCUT2D eigenvalue weighted by Crippen LogP contribution is -2.71. The first-order valence-electron chi connectivity index (χ1n) is 11.1. The Morgan fingerprint density at radius 1 is 1.07 bits per heavy atom. The van der Waals surface area contributed by atoms with Gasteiger partial charge >= 0.3 is 11.9 Å². The Balaban J connectivity index is 2.09. The molecule has 3 saturated carbocycles. The van der Waals surface area contributed by atoms with Crippen molar-refractivity contribution in [2.45, 2.75) is 97.6 Å². The van der Waals surface area contributed by atoms with Crippen LogP contribution in [0.4, 0.5) is 0 Å². The molecule has 30 heavy (non-hydrogen) atoms. The first-order valence-corrected chi connectivity index (χ1v) is 11.1. The molecule has 2 N–H and O–H groups in total. The van der Waals surface area contributed by atoms with Crippen molar-refractivity contribution in [2.75, 3.05) is 0 Å². The lowest BCUT2D eigenvalue weighted by Gasteiger charge is -2.67. The van der Waals surface area contributed by atoms with E-state index in [1.54, 1.807) is 0 Å². The van der Waals surface area contributed by atoms with Crippen molar-refractivity contribution < 1.29 is 29.3 Å². The van der Waals surface area contributed by atoms with Crippen molar-refractivity contribution >= 4 is 11.9 Å². The van der Waals surface area contributed by atoms with Crippen LogP contribution in [0.3, 0.4) is 0 Å². The van der Waals surface area contributed by atoms with Crippen molar-refractivity contribution in [3.05, 3.63) is 12.7 Å². The van der Waals surface area contributed by atoms with Crippen LogP contribution < -0.4 is 0 Å². The molecule has 6 heteroatoms. The molecule has 0 bridgehead atoms. The van der Waals surface area contributed by atoms with E-state index < -0.39 is 41.3 Å². The van der Waals surface area contributed by atoms with E-state index in [0.29, 0.717) is 19.3 Å². The maximum absolute atomic E-state index is 12.1. The number of rotatable bonds is 3. The first-order chi connectivity index (χ1) is 13.7. The van der Waals surface area contributed by atoms with Crippen molar-refractivity contribution in [3.8, 4) is 0 Å². The molecule has 0 aliphatic heterocycles. The van der Waals surface area contributed by atoms with Crippen molar-refractivity contribution in [3.63, 3.8) is 0 Å². The summed E-state index contributed by atoms with van der Waals surface area (Å²) in [6.45, 7) is 14.9. The Morgan fingerprint density at radius 2 is 1.67 bits per heavy atom. The van der Waals surface area contributed by atoms with E-state index >= 15 is 0 Å². The number of esters is 2. The van der Waals surface area contributed by atoms with E-state index in [2.05, 4.69) is 20.4 Å². The van der Waals surface area contributed by atoms with Gasteiger partial charge in [0, 0.05) is 13.8 Å². The summed E-state index contributed by atoms with van der Waals surface area (Å²) in [4.78, 5) is 23.7. The largest absolute Gasteiger partial charge is 0.460 e. The van der Waals surface area contributed by atoms with E-state index in [9.17, 15) is 19.8 Å². The van der Waals surface area contributed by atoms with Gasteiger partial charge in [-0.2, -0.15) is 0 Å². The molecular weight excluding hydrogens is 384 g/mol. The maximum Gasteiger partial charge on any atom is 0.303 e. The number of carbonyl (C=O) groups is 2. The molecule has 0 heterocycles. The highest BCUT2D eigenvalue weighted by molar-refractivity contribution is 5.66. The standard InChI is InChI=1S/C24H38O6/c1-8-22(6)10-9-17-23(7)12-16(29-14(2)25)20(27)21(4,5)18(23)11-19(30-15(3)26)24(17,28)13-22/h8,16-20,27-28H,1,9-13H2,2-7H3/t16-,17+,18+,19+,20+,22+,23-,24-/m1/s1. The third kappa shape index (κ3) is 3.50. The van der Waals surface area contributed by atoms with Crippen LogP contribution in [0.15, 0.2) is 12.7 Å². The van der Waals surface area contributed by atoms with Gasteiger partial charge in [-0.3, -0.25) is 9.59 Å². The lowest BCUT2D eigenvalue weighted by molar-refractivity contribution is -0.282. The summed E-state index contributed by atoms with van der Waals surface area (Å²) in [5.74, 6) is -0.974. The zero-order valence-electron chi connectivity index (χ0n) is 19.2. The summed E-state index contributed by atoms with van der Waals surface area (Å²) >= 11 is 0. The fourth-order valence-electron chi connectivity index (χ4n) is 7.26. The van der Waals surface area contributed by atoms with E-state index in [1.807, 2.05) is 19.9 Å². The molecule has 0 aromatic rings. The van der Waals surface area contributed by atoms with Crippen LogP contribution >= 0.6 is 0 Å². The zero-order valence-corrected chi connectivity index (χ0v) is 19.2. The van der Waals surface area contributed by atoms with E-state index in [4.69, 9.17) is 9.47 Å². The summed E-state index contributed by atoms with van der Waals surface area (Å²) in [6.07, 6.45) is 2.84. The van der Waals surface area contributed by atoms with Gasteiger partial charge in [0.25, 0.3) is 0 Å². The molecular formula is C24H38O6. The quantitative estimate of drug-likeness (QED) is 0.535. The zero-order chi connectivity index (χ0) is 22.7. The minimum atomic E-state index is -1.20. The number of aliphatic hydroxyl groups is 2. The summed E-state index contributed by atoms with van der Waals surface area (Å²) < 4.78 is 11.3. The summed E-state index contributed by atoms with van der Waals surface area (Å²) in [7, 11) is 0. The second kappa shape index (κ2) is 7.33. The maximum atomic E-state index is 12.1. The number of hydrogen-bond acceptors (Lipinski definition) is 6. The molecule has 0 amide bonds. The number of fused-ring (bicyclic) bond motifs is 3. The molecule has 170 valence electrons. The molecule has 0 aromatic carbocycles. The molecule has 3 fully saturated rings. The van der Waals surface area contributed by atoms with Crippen LogP contribution in [0.1, 0.15) is 73.6 Å². The van der Waals surface area contributed by atoms with Gasteiger partial charge in [0.05, 0.1) is 6.10 Å². The SMILES string of the molecule is C=C[C@@]1(C)CC[C@H]2[C@@]3(C)C[C@@H](OC(C)=O)[C@H](O)C(C)(C)[C@@H]3C[C@H](OC(C)=O)[C@@]2(O)C1. The number of carbonyl (C=O) groups excluding carboxylic acids is 2. The van der Waals surface area contributed by atoms with E-state index in [-0.39, 0.29) is 22.7 Å². The normalized spacial score (nSPS) is 47.4. The van der Waals surface area contributed by atoms with Crippen LogP contribution in [0.25, 0.3) is 0 Å². The Morgan fingerprint density at radius 3 is 2.20 bits per heavy atom. The number of allylic oxidation sites excluding steroid dienone is 1. The highest BCUT2D eigenvalue weighted by Crippen LogP contribution is 2.67. The van der Waals surface area contributed by atoms with Gasteiger partial charge in [-0.05, 0) is 60.2 Å². The highest BCUT2D eigenvalue weighted by atomic mass is 16.6. The summed E-state index contributed by atoms with van der Waals surface area (Å²) in [5.41, 5.74) is -2.40. The second-order valence-electron chi connectivity index (χ2n) is 11.1. The van der Waals surface area contributed by atoms with Crippen molar-refractivity contribution in [1.29, 1.82) is 0 Å². The van der Waals surface area contributed by atoms with Crippen LogP contribution in [0.5, 0.6) is 0 Å². The Bertz CT molecular complexity index is 731. The molecule has 0 radical (unpaired) electrons. The van der Waals surface area contributed by atoms with E-state index in [0.717, 1.165) is 12.8 Å². The molecule has 3 rings (SSSR count).